The highest BCUT2D eigenvalue weighted by Gasteiger charge is 2.18. The van der Waals surface area contributed by atoms with Gasteiger partial charge in [-0.3, -0.25) is 0 Å². The number of hydrogen-bond donors (Lipinski definition) is 1. The molecule has 0 amide bonds. The molecule has 4 heteroatoms. The first kappa shape index (κ1) is 14.5. The number of halogens is 1. The maximum absolute atomic E-state index is 6.03. The van der Waals surface area contributed by atoms with Gasteiger partial charge in [-0.1, -0.05) is 23.7 Å². The van der Waals surface area contributed by atoms with Crippen molar-refractivity contribution in [2.45, 2.75) is 32.6 Å². The van der Waals surface area contributed by atoms with Gasteiger partial charge in [0.25, 0.3) is 0 Å². The van der Waals surface area contributed by atoms with E-state index in [4.69, 9.17) is 22.1 Å². The van der Waals surface area contributed by atoms with Gasteiger partial charge in [0.2, 0.25) is 0 Å². The minimum atomic E-state index is -0.0716. The van der Waals surface area contributed by atoms with Crippen molar-refractivity contribution in [1.29, 1.82) is 0 Å². The largest absolute Gasteiger partial charge is 0.366 e. The predicted octanol–water partition coefficient (Wildman–Crippen LogP) is 4.32. The van der Waals surface area contributed by atoms with Crippen LogP contribution >= 0.6 is 22.9 Å². The van der Waals surface area contributed by atoms with Crippen LogP contribution in [0.1, 0.15) is 28.3 Å². The number of thiophene rings is 1. The number of ether oxygens (including phenoxy) is 1. The summed E-state index contributed by atoms with van der Waals surface area (Å²) in [5.41, 5.74) is 7.09. The first-order valence-corrected chi connectivity index (χ1v) is 7.43. The van der Waals surface area contributed by atoms with Crippen LogP contribution < -0.4 is 5.73 Å². The second-order valence-corrected chi connectivity index (χ2v) is 6.42. The molecule has 0 fully saturated rings. The molecular formula is C15H18ClNOS. The fraction of sp³-hybridized carbons (Fsp3) is 0.333. The Morgan fingerprint density at radius 2 is 2.11 bits per heavy atom. The van der Waals surface area contributed by atoms with Crippen LogP contribution in [0.5, 0.6) is 0 Å². The lowest BCUT2D eigenvalue weighted by atomic mass is 10.1. The maximum Gasteiger partial charge on any atom is 0.107 e. The minimum absolute atomic E-state index is 0.0442. The van der Waals surface area contributed by atoms with Gasteiger partial charge in [-0.2, -0.15) is 0 Å². The van der Waals surface area contributed by atoms with Crippen molar-refractivity contribution < 1.29 is 4.74 Å². The van der Waals surface area contributed by atoms with E-state index in [-0.39, 0.29) is 12.1 Å². The summed E-state index contributed by atoms with van der Waals surface area (Å²) in [5, 5.41) is 0.727. The lowest BCUT2D eigenvalue weighted by Crippen LogP contribution is -2.26. The molecule has 0 saturated carbocycles. The Balaban J connectivity index is 2.06. The molecule has 19 heavy (non-hydrogen) atoms. The van der Waals surface area contributed by atoms with Crippen molar-refractivity contribution in [3.63, 3.8) is 0 Å². The first-order valence-electron chi connectivity index (χ1n) is 6.24. The van der Waals surface area contributed by atoms with Crippen LogP contribution in [0.15, 0.2) is 36.4 Å². The predicted molar refractivity (Wildman–Crippen MR) is 81.7 cm³/mol. The van der Waals surface area contributed by atoms with Crippen molar-refractivity contribution in [1.82, 2.24) is 0 Å². The summed E-state index contributed by atoms with van der Waals surface area (Å²) in [6, 6.07) is 11.8. The third-order valence-electron chi connectivity index (χ3n) is 2.84. The van der Waals surface area contributed by atoms with Crippen molar-refractivity contribution in [2.24, 2.45) is 5.73 Å². The summed E-state index contributed by atoms with van der Waals surface area (Å²) in [5.74, 6) is 0. The van der Waals surface area contributed by atoms with Crippen molar-refractivity contribution in [3.05, 3.63) is 56.7 Å². The summed E-state index contributed by atoms with van der Waals surface area (Å²) >= 11 is 7.70. The number of nitrogens with two attached hydrogens (primary N) is 1. The second-order valence-electron chi connectivity index (χ2n) is 4.67. The molecular weight excluding hydrogens is 278 g/mol. The van der Waals surface area contributed by atoms with Gasteiger partial charge in [-0.15, -0.1) is 11.3 Å². The van der Waals surface area contributed by atoms with Gasteiger partial charge < -0.3 is 10.5 Å². The highest BCUT2D eigenvalue weighted by Crippen LogP contribution is 2.28. The normalized spacial score (nSPS) is 14.3. The minimum Gasteiger partial charge on any atom is -0.366 e. The number of benzene rings is 1. The third-order valence-corrected chi connectivity index (χ3v) is 4.13. The van der Waals surface area contributed by atoms with E-state index in [0.29, 0.717) is 6.61 Å². The third kappa shape index (κ3) is 4.05. The molecule has 2 aromatic rings. The summed E-state index contributed by atoms with van der Waals surface area (Å²) in [7, 11) is 0. The summed E-state index contributed by atoms with van der Waals surface area (Å²) < 4.78 is 5.97. The van der Waals surface area contributed by atoms with Gasteiger partial charge in [-0.25, -0.2) is 0 Å². The molecule has 1 aromatic carbocycles. The van der Waals surface area contributed by atoms with Crippen LogP contribution in [0.25, 0.3) is 0 Å². The van der Waals surface area contributed by atoms with Crippen molar-refractivity contribution >= 4 is 22.9 Å². The van der Waals surface area contributed by atoms with Crippen LogP contribution in [-0.2, 0) is 11.3 Å². The van der Waals surface area contributed by atoms with E-state index in [1.54, 1.807) is 11.3 Å². The molecule has 102 valence electrons. The molecule has 2 N–H and O–H groups in total. The molecule has 2 rings (SSSR count). The molecule has 0 saturated heterocycles. The lowest BCUT2D eigenvalue weighted by molar-refractivity contribution is 0.0282. The second kappa shape index (κ2) is 6.53. The fourth-order valence-corrected chi connectivity index (χ4v) is 3.17. The number of rotatable bonds is 5. The lowest BCUT2D eigenvalue weighted by Gasteiger charge is -2.20. The standard InChI is InChI=1S/C15H18ClNOS/c1-10-6-7-14(19-10)15(11(2)17)18-9-12-4-3-5-13(16)8-12/h3-8,11,15H,9,17H2,1-2H3. The summed E-state index contributed by atoms with van der Waals surface area (Å²) in [6.07, 6.45) is -0.0716. The average molecular weight is 296 g/mol. The van der Waals surface area contributed by atoms with Gasteiger partial charge in [0.15, 0.2) is 0 Å². The number of aryl methyl sites for hydroxylation is 1. The van der Waals surface area contributed by atoms with Crippen LogP contribution in [0.4, 0.5) is 0 Å². The molecule has 0 aliphatic heterocycles. The SMILES string of the molecule is Cc1ccc(C(OCc2cccc(Cl)c2)C(C)N)s1. The highest BCUT2D eigenvalue weighted by molar-refractivity contribution is 7.12. The summed E-state index contributed by atoms with van der Waals surface area (Å²) in [4.78, 5) is 2.45. The molecule has 1 heterocycles. The average Bonchev–Trinajstić information content (AvgIpc) is 2.76. The zero-order valence-electron chi connectivity index (χ0n) is 11.1. The Morgan fingerprint density at radius 1 is 1.32 bits per heavy atom. The van der Waals surface area contributed by atoms with E-state index in [1.165, 1.54) is 9.75 Å². The molecule has 0 radical (unpaired) electrons. The molecule has 0 spiro atoms. The molecule has 0 bridgehead atoms. The van der Waals surface area contributed by atoms with E-state index < -0.39 is 0 Å². The van der Waals surface area contributed by atoms with Gasteiger partial charge in [0.05, 0.1) is 6.61 Å². The van der Waals surface area contributed by atoms with Crippen LogP contribution in [-0.4, -0.2) is 6.04 Å². The van der Waals surface area contributed by atoms with Crippen LogP contribution in [0, 0.1) is 6.92 Å². The zero-order chi connectivity index (χ0) is 13.8. The monoisotopic (exact) mass is 295 g/mol. The van der Waals surface area contributed by atoms with Gasteiger partial charge in [0, 0.05) is 20.8 Å². The topological polar surface area (TPSA) is 35.2 Å². The van der Waals surface area contributed by atoms with Crippen LogP contribution in [0.2, 0.25) is 5.02 Å². The zero-order valence-corrected chi connectivity index (χ0v) is 12.7. The molecule has 2 unspecified atom stereocenters. The van der Waals surface area contributed by atoms with Crippen LogP contribution in [0.3, 0.4) is 0 Å². The van der Waals surface area contributed by atoms with E-state index >= 15 is 0 Å². The molecule has 0 aliphatic rings. The van der Waals surface area contributed by atoms with Gasteiger partial charge >= 0.3 is 0 Å². The Kier molecular flexibility index (Phi) is 4.99. The Morgan fingerprint density at radius 3 is 2.68 bits per heavy atom. The van der Waals surface area contributed by atoms with E-state index in [1.807, 2.05) is 31.2 Å². The van der Waals surface area contributed by atoms with Gasteiger partial charge in [-0.05, 0) is 43.7 Å². The molecule has 2 nitrogen and oxygen atoms in total. The summed E-state index contributed by atoms with van der Waals surface area (Å²) in [6.45, 7) is 4.57. The molecule has 0 aliphatic carbocycles. The number of hydrogen-bond acceptors (Lipinski definition) is 3. The van der Waals surface area contributed by atoms with E-state index in [0.717, 1.165) is 10.6 Å². The Hall–Kier alpha value is -0.870. The Labute approximate surface area is 123 Å². The highest BCUT2D eigenvalue weighted by atomic mass is 35.5. The van der Waals surface area contributed by atoms with Gasteiger partial charge in [0.1, 0.15) is 6.10 Å². The van der Waals surface area contributed by atoms with Crippen molar-refractivity contribution in [3.8, 4) is 0 Å². The van der Waals surface area contributed by atoms with E-state index in [9.17, 15) is 0 Å². The molecule has 2 atom stereocenters. The maximum atomic E-state index is 6.03. The van der Waals surface area contributed by atoms with E-state index in [2.05, 4.69) is 19.1 Å². The van der Waals surface area contributed by atoms with Crippen molar-refractivity contribution in [2.75, 3.05) is 0 Å². The fourth-order valence-electron chi connectivity index (χ4n) is 1.91. The Bertz CT molecular complexity index is 538. The smallest absolute Gasteiger partial charge is 0.107 e. The molecule has 1 aromatic heterocycles. The quantitative estimate of drug-likeness (QED) is 0.892. The first-order chi connectivity index (χ1) is 9.06.